The number of hydrogen-bond donors (Lipinski definition) is 2. The Balaban J connectivity index is 1.74. The second-order valence-electron chi connectivity index (χ2n) is 5.60. The summed E-state index contributed by atoms with van der Waals surface area (Å²) >= 11 is 0. The fourth-order valence-corrected chi connectivity index (χ4v) is 3.08. The zero-order chi connectivity index (χ0) is 14.2. The number of nitrogens with zero attached hydrogens (tertiary/aromatic N) is 1. The van der Waals surface area contributed by atoms with Gasteiger partial charge in [0.2, 0.25) is 0 Å². The average Bonchev–Trinajstić information content (AvgIpc) is 2.95. The summed E-state index contributed by atoms with van der Waals surface area (Å²) in [5.74, 6) is 0. The number of nitrogens with one attached hydrogen (secondary N) is 1. The number of aromatic nitrogens is 1. The smallest absolute Gasteiger partial charge is 0.0743 e. The van der Waals surface area contributed by atoms with Crippen LogP contribution in [0.3, 0.4) is 0 Å². The topological polar surface area (TPSA) is 50.9 Å². The van der Waals surface area contributed by atoms with Crippen molar-refractivity contribution in [3.05, 3.63) is 59.8 Å². The molecule has 3 heteroatoms. The van der Waals surface area contributed by atoms with Gasteiger partial charge in [-0.1, -0.05) is 6.07 Å². The summed E-state index contributed by atoms with van der Waals surface area (Å²) in [4.78, 5) is 4.38. The van der Waals surface area contributed by atoms with Crippen LogP contribution in [0.25, 0.3) is 10.9 Å². The molecule has 21 heavy (non-hydrogen) atoms. The highest BCUT2D eigenvalue weighted by molar-refractivity contribution is 5.94. The molecule has 0 fully saturated rings. The van der Waals surface area contributed by atoms with E-state index in [1.54, 1.807) is 0 Å². The first-order valence-electron chi connectivity index (χ1n) is 7.33. The first-order chi connectivity index (χ1) is 10.3. The zero-order valence-corrected chi connectivity index (χ0v) is 11.8. The zero-order valence-electron chi connectivity index (χ0n) is 11.8. The van der Waals surface area contributed by atoms with Gasteiger partial charge in [0.25, 0.3) is 0 Å². The molecule has 1 aliphatic rings. The highest BCUT2D eigenvalue weighted by Crippen LogP contribution is 2.29. The molecule has 0 aliphatic heterocycles. The van der Waals surface area contributed by atoms with Crippen LogP contribution >= 0.6 is 0 Å². The Hall–Kier alpha value is -2.55. The number of fused-ring (bicyclic) bond motifs is 2. The number of aryl methyl sites for hydroxylation is 2. The van der Waals surface area contributed by atoms with E-state index in [1.165, 1.54) is 30.4 Å². The van der Waals surface area contributed by atoms with E-state index >= 15 is 0 Å². The van der Waals surface area contributed by atoms with E-state index < -0.39 is 0 Å². The van der Waals surface area contributed by atoms with E-state index in [2.05, 4.69) is 28.5 Å². The molecule has 0 saturated carbocycles. The van der Waals surface area contributed by atoms with E-state index in [4.69, 9.17) is 5.73 Å². The summed E-state index contributed by atoms with van der Waals surface area (Å²) in [6.45, 7) is 0. The van der Waals surface area contributed by atoms with Gasteiger partial charge < -0.3 is 11.1 Å². The summed E-state index contributed by atoms with van der Waals surface area (Å²) in [6, 6.07) is 14.5. The fourth-order valence-electron chi connectivity index (χ4n) is 3.08. The van der Waals surface area contributed by atoms with Crippen molar-refractivity contribution >= 4 is 28.0 Å². The molecule has 3 aromatic rings. The van der Waals surface area contributed by atoms with Gasteiger partial charge in [0.15, 0.2) is 0 Å². The Labute approximate surface area is 123 Å². The lowest BCUT2D eigenvalue weighted by molar-refractivity contribution is 0.912. The number of hydrogen-bond acceptors (Lipinski definition) is 3. The molecular formula is C18H17N3. The van der Waals surface area contributed by atoms with Crippen LogP contribution in [0.5, 0.6) is 0 Å². The first-order valence-corrected chi connectivity index (χ1v) is 7.33. The van der Waals surface area contributed by atoms with Crippen LogP contribution in [0.2, 0.25) is 0 Å². The third-order valence-electron chi connectivity index (χ3n) is 4.14. The van der Waals surface area contributed by atoms with E-state index in [-0.39, 0.29) is 0 Å². The Morgan fingerprint density at radius 2 is 1.86 bits per heavy atom. The molecule has 3 nitrogen and oxygen atoms in total. The van der Waals surface area contributed by atoms with Gasteiger partial charge in [0.1, 0.15) is 0 Å². The summed E-state index contributed by atoms with van der Waals surface area (Å²) < 4.78 is 0. The molecule has 0 bridgehead atoms. The minimum absolute atomic E-state index is 0.740. The molecule has 1 aliphatic carbocycles. The SMILES string of the molecule is Nc1ccc2c(Nc3ccc4c(c3)CCC4)ccnc2c1. The second-order valence-corrected chi connectivity index (χ2v) is 5.60. The minimum Gasteiger partial charge on any atom is -0.399 e. The van der Waals surface area contributed by atoms with Crippen molar-refractivity contribution < 1.29 is 0 Å². The van der Waals surface area contributed by atoms with E-state index in [1.807, 2.05) is 30.5 Å². The lowest BCUT2D eigenvalue weighted by atomic mass is 10.1. The third-order valence-corrected chi connectivity index (χ3v) is 4.14. The lowest BCUT2D eigenvalue weighted by Gasteiger charge is -2.11. The predicted molar refractivity (Wildman–Crippen MR) is 87.9 cm³/mol. The molecule has 0 saturated heterocycles. The molecule has 104 valence electrons. The van der Waals surface area contributed by atoms with Crippen molar-refractivity contribution in [1.29, 1.82) is 0 Å². The van der Waals surface area contributed by atoms with Crippen LogP contribution in [-0.2, 0) is 12.8 Å². The van der Waals surface area contributed by atoms with Gasteiger partial charge in [-0.3, -0.25) is 4.98 Å². The molecule has 2 aromatic carbocycles. The van der Waals surface area contributed by atoms with Gasteiger partial charge in [0.05, 0.1) is 5.52 Å². The van der Waals surface area contributed by atoms with Crippen LogP contribution < -0.4 is 11.1 Å². The third kappa shape index (κ3) is 2.21. The van der Waals surface area contributed by atoms with Gasteiger partial charge in [-0.15, -0.1) is 0 Å². The summed E-state index contributed by atoms with van der Waals surface area (Å²) in [5.41, 5.74) is 12.7. The molecule has 1 aromatic heterocycles. The number of pyridine rings is 1. The number of nitrogens with two attached hydrogens (primary N) is 1. The Morgan fingerprint density at radius 1 is 0.952 bits per heavy atom. The monoisotopic (exact) mass is 275 g/mol. The Kier molecular flexibility index (Phi) is 2.78. The van der Waals surface area contributed by atoms with Crippen LogP contribution in [-0.4, -0.2) is 4.98 Å². The van der Waals surface area contributed by atoms with Gasteiger partial charge in [-0.25, -0.2) is 0 Å². The van der Waals surface area contributed by atoms with Crippen molar-refractivity contribution in [2.24, 2.45) is 0 Å². The summed E-state index contributed by atoms with van der Waals surface area (Å²) in [7, 11) is 0. The molecular weight excluding hydrogens is 258 g/mol. The molecule has 4 rings (SSSR count). The van der Waals surface area contributed by atoms with Gasteiger partial charge in [-0.05, 0) is 66.8 Å². The lowest BCUT2D eigenvalue weighted by Crippen LogP contribution is -1.95. The van der Waals surface area contributed by atoms with Crippen LogP contribution in [0, 0.1) is 0 Å². The van der Waals surface area contributed by atoms with Crippen LogP contribution in [0.4, 0.5) is 17.1 Å². The number of benzene rings is 2. The van der Waals surface area contributed by atoms with Crippen LogP contribution in [0.15, 0.2) is 48.7 Å². The highest BCUT2D eigenvalue weighted by atomic mass is 14.9. The normalized spacial score (nSPS) is 13.3. The average molecular weight is 275 g/mol. The number of rotatable bonds is 2. The highest BCUT2D eigenvalue weighted by Gasteiger charge is 2.11. The second kappa shape index (κ2) is 4.77. The predicted octanol–water partition coefficient (Wildman–Crippen LogP) is 4.05. The van der Waals surface area contributed by atoms with Gasteiger partial charge >= 0.3 is 0 Å². The molecule has 0 radical (unpaired) electrons. The molecule has 3 N–H and O–H groups in total. The van der Waals surface area contributed by atoms with E-state index in [0.717, 1.165) is 28.0 Å². The van der Waals surface area contributed by atoms with E-state index in [9.17, 15) is 0 Å². The maximum absolute atomic E-state index is 5.83. The van der Waals surface area contributed by atoms with Gasteiger partial charge in [0, 0.05) is 28.6 Å². The fraction of sp³-hybridized carbons (Fsp3) is 0.167. The number of anilines is 3. The van der Waals surface area contributed by atoms with Crippen molar-refractivity contribution in [2.45, 2.75) is 19.3 Å². The summed E-state index contributed by atoms with van der Waals surface area (Å²) in [6.07, 6.45) is 5.50. The molecule has 0 atom stereocenters. The Bertz CT molecular complexity index is 824. The molecule has 0 spiro atoms. The maximum atomic E-state index is 5.83. The molecule has 1 heterocycles. The van der Waals surface area contributed by atoms with Gasteiger partial charge in [-0.2, -0.15) is 0 Å². The molecule has 0 unspecified atom stereocenters. The number of nitrogen functional groups attached to an aromatic ring is 1. The van der Waals surface area contributed by atoms with Crippen molar-refractivity contribution in [3.63, 3.8) is 0 Å². The maximum Gasteiger partial charge on any atom is 0.0743 e. The van der Waals surface area contributed by atoms with E-state index in [0.29, 0.717) is 0 Å². The molecule has 0 amide bonds. The van der Waals surface area contributed by atoms with Crippen molar-refractivity contribution in [3.8, 4) is 0 Å². The summed E-state index contributed by atoms with van der Waals surface area (Å²) in [5, 5.41) is 4.61. The minimum atomic E-state index is 0.740. The first kappa shape index (κ1) is 12.2. The Morgan fingerprint density at radius 3 is 2.81 bits per heavy atom. The largest absolute Gasteiger partial charge is 0.399 e. The van der Waals surface area contributed by atoms with Crippen molar-refractivity contribution in [2.75, 3.05) is 11.1 Å². The quantitative estimate of drug-likeness (QED) is 0.694. The standard InChI is InChI=1S/C18H17N3/c19-14-5-7-16-17(8-9-20-18(16)11-14)21-15-6-4-12-2-1-3-13(12)10-15/h4-11H,1-3,19H2,(H,20,21). The van der Waals surface area contributed by atoms with Crippen LogP contribution in [0.1, 0.15) is 17.5 Å². The van der Waals surface area contributed by atoms with Crippen molar-refractivity contribution in [1.82, 2.24) is 4.98 Å².